The molecule has 4 aromatic carbocycles. The smallest absolute Gasteiger partial charge is 0.264 e. The number of nitrogens with zero attached hydrogens (tertiary/aromatic N) is 2. The van der Waals surface area contributed by atoms with Crippen LogP contribution < -0.4 is 9.62 Å². The second-order valence-corrected chi connectivity index (χ2v) is 12.7. The standard InChI is InChI=1S/C33H33Cl2N3O4S/c1-2-19-36-33(40)31(21-25-11-5-3-6-12-25)37(23-26-13-9-14-27(34)20-26)32(39)24-38(29-16-10-15-28(35)22-29)43(41,42)30-17-7-4-8-18-30/h3-18,20,22,31H,2,19,21,23-24H2,1H3,(H,36,40)/t31-/m0/s1. The fraction of sp³-hybridized carbons (Fsp3) is 0.212. The van der Waals surface area contributed by atoms with Crippen LogP contribution in [0.15, 0.2) is 114 Å². The summed E-state index contributed by atoms with van der Waals surface area (Å²) in [6.07, 6.45) is 0.940. The Morgan fingerprint density at radius 1 is 0.791 bits per heavy atom. The van der Waals surface area contributed by atoms with Gasteiger partial charge in [-0.05, 0) is 60.0 Å². The molecule has 0 radical (unpaired) electrons. The largest absolute Gasteiger partial charge is 0.354 e. The Hall–Kier alpha value is -3.85. The first kappa shape index (κ1) is 32.1. The lowest BCUT2D eigenvalue weighted by Crippen LogP contribution is -2.53. The summed E-state index contributed by atoms with van der Waals surface area (Å²) in [5.74, 6) is -0.895. The summed E-state index contributed by atoms with van der Waals surface area (Å²) < 4.78 is 28.9. The zero-order valence-electron chi connectivity index (χ0n) is 23.7. The lowest BCUT2D eigenvalue weighted by Gasteiger charge is -2.34. The third kappa shape index (κ3) is 8.60. The highest BCUT2D eigenvalue weighted by atomic mass is 35.5. The minimum absolute atomic E-state index is 0.0192. The van der Waals surface area contributed by atoms with E-state index in [0.717, 1.165) is 9.87 Å². The van der Waals surface area contributed by atoms with Gasteiger partial charge in [0.05, 0.1) is 10.6 Å². The molecule has 2 amide bonds. The van der Waals surface area contributed by atoms with Gasteiger partial charge in [-0.1, -0.05) is 96.9 Å². The van der Waals surface area contributed by atoms with Gasteiger partial charge in [-0.2, -0.15) is 0 Å². The van der Waals surface area contributed by atoms with Crippen molar-refractivity contribution in [2.75, 3.05) is 17.4 Å². The molecule has 0 aliphatic heterocycles. The van der Waals surface area contributed by atoms with Gasteiger partial charge in [0.15, 0.2) is 0 Å². The molecule has 0 aliphatic carbocycles. The van der Waals surface area contributed by atoms with Crippen molar-refractivity contribution in [3.63, 3.8) is 0 Å². The lowest BCUT2D eigenvalue weighted by atomic mass is 10.0. The van der Waals surface area contributed by atoms with Crippen molar-refractivity contribution in [3.05, 3.63) is 130 Å². The maximum absolute atomic E-state index is 14.4. The fourth-order valence-corrected chi connectivity index (χ4v) is 6.46. The normalized spacial score (nSPS) is 11.9. The topological polar surface area (TPSA) is 86.8 Å². The quantitative estimate of drug-likeness (QED) is 0.185. The van der Waals surface area contributed by atoms with E-state index in [1.54, 1.807) is 54.6 Å². The van der Waals surface area contributed by atoms with E-state index in [1.807, 2.05) is 43.3 Å². The minimum Gasteiger partial charge on any atom is -0.354 e. The van der Waals surface area contributed by atoms with Gasteiger partial charge in [0, 0.05) is 29.6 Å². The minimum atomic E-state index is -4.19. The summed E-state index contributed by atoms with van der Waals surface area (Å²) in [5, 5.41) is 3.72. The van der Waals surface area contributed by atoms with Gasteiger partial charge >= 0.3 is 0 Å². The van der Waals surface area contributed by atoms with Crippen LogP contribution in [0.4, 0.5) is 5.69 Å². The van der Waals surface area contributed by atoms with Gasteiger partial charge in [-0.25, -0.2) is 8.42 Å². The third-order valence-electron chi connectivity index (χ3n) is 6.77. The van der Waals surface area contributed by atoms with Crippen molar-refractivity contribution >= 4 is 50.7 Å². The summed E-state index contributed by atoms with van der Waals surface area (Å²) >= 11 is 12.5. The van der Waals surface area contributed by atoms with Gasteiger partial charge in [0.1, 0.15) is 12.6 Å². The Morgan fingerprint density at radius 3 is 2.02 bits per heavy atom. The summed E-state index contributed by atoms with van der Waals surface area (Å²) in [6.45, 7) is 1.84. The molecule has 0 aromatic heterocycles. The molecule has 0 spiro atoms. The van der Waals surface area contributed by atoms with E-state index in [2.05, 4.69) is 5.32 Å². The van der Waals surface area contributed by atoms with Crippen LogP contribution in [-0.4, -0.2) is 44.3 Å². The summed E-state index contributed by atoms with van der Waals surface area (Å²) in [6, 6.07) is 29.7. The van der Waals surface area contributed by atoms with E-state index in [4.69, 9.17) is 23.2 Å². The van der Waals surface area contributed by atoms with E-state index < -0.39 is 28.5 Å². The molecule has 0 saturated heterocycles. The first-order valence-electron chi connectivity index (χ1n) is 13.9. The molecule has 1 atom stereocenters. The van der Waals surface area contributed by atoms with E-state index in [1.165, 1.54) is 23.1 Å². The predicted octanol–water partition coefficient (Wildman–Crippen LogP) is 6.36. The van der Waals surface area contributed by atoms with Crippen LogP contribution in [0.1, 0.15) is 24.5 Å². The zero-order chi connectivity index (χ0) is 30.8. The van der Waals surface area contributed by atoms with Crippen LogP contribution >= 0.6 is 23.2 Å². The molecule has 0 heterocycles. The van der Waals surface area contributed by atoms with E-state index in [9.17, 15) is 18.0 Å². The van der Waals surface area contributed by atoms with Crippen molar-refractivity contribution < 1.29 is 18.0 Å². The van der Waals surface area contributed by atoms with Crippen LogP contribution in [0.25, 0.3) is 0 Å². The monoisotopic (exact) mass is 637 g/mol. The second-order valence-electron chi connectivity index (χ2n) is 9.95. The third-order valence-corrected chi connectivity index (χ3v) is 9.03. The van der Waals surface area contributed by atoms with Crippen LogP contribution in [0.3, 0.4) is 0 Å². The van der Waals surface area contributed by atoms with Crippen molar-refractivity contribution in [2.24, 2.45) is 0 Å². The van der Waals surface area contributed by atoms with Gasteiger partial charge in [-0.15, -0.1) is 0 Å². The predicted molar refractivity (Wildman–Crippen MR) is 172 cm³/mol. The van der Waals surface area contributed by atoms with Gasteiger partial charge < -0.3 is 10.2 Å². The molecule has 10 heteroatoms. The Morgan fingerprint density at radius 2 is 1.40 bits per heavy atom. The number of sulfonamides is 1. The number of rotatable bonds is 13. The highest BCUT2D eigenvalue weighted by Crippen LogP contribution is 2.27. The molecule has 4 rings (SSSR count). The lowest BCUT2D eigenvalue weighted by molar-refractivity contribution is -0.140. The Balaban J connectivity index is 1.79. The van der Waals surface area contributed by atoms with Crippen LogP contribution in [0, 0.1) is 0 Å². The number of benzene rings is 4. The summed E-state index contributed by atoms with van der Waals surface area (Å²) in [4.78, 5) is 29.5. The van der Waals surface area contributed by atoms with Crippen molar-refractivity contribution in [1.29, 1.82) is 0 Å². The number of halogens is 2. The average molecular weight is 639 g/mol. The van der Waals surface area contributed by atoms with Crippen LogP contribution in [0.2, 0.25) is 10.0 Å². The number of hydrogen-bond donors (Lipinski definition) is 1. The maximum Gasteiger partial charge on any atom is 0.264 e. The van der Waals surface area contributed by atoms with Crippen molar-refractivity contribution in [1.82, 2.24) is 10.2 Å². The second kappa shape index (κ2) is 15.0. The SMILES string of the molecule is CCCNC(=O)[C@H](Cc1ccccc1)N(Cc1cccc(Cl)c1)C(=O)CN(c1cccc(Cl)c1)S(=O)(=O)c1ccccc1. The van der Waals surface area contributed by atoms with Gasteiger partial charge in [0.25, 0.3) is 10.0 Å². The molecular formula is C33H33Cl2N3O4S. The number of carbonyl (C=O) groups excluding carboxylic acids is 2. The highest BCUT2D eigenvalue weighted by molar-refractivity contribution is 7.92. The van der Waals surface area contributed by atoms with E-state index >= 15 is 0 Å². The molecule has 224 valence electrons. The number of anilines is 1. The van der Waals surface area contributed by atoms with Crippen LogP contribution in [-0.2, 0) is 32.6 Å². The average Bonchev–Trinajstić information content (AvgIpc) is 3.01. The first-order valence-corrected chi connectivity index (χ1v) is 16.1. The summed E-state index contributed by atoms with van der Waals surface area (Å²) in [5.41, 5.74) is 1.77. The van der Waals surface area contributed by atoms with Crippen molar-refractivity contribution in [2.45, 2.75) is 37.2 Å². The molecule has 7 nitrogen and oxygen atoms in total. The number of amides is 2. The van der Waals surface area contributed by atoms with E-state index in [-0.39, 0.29) is 29.5 Å². The summed E-state index contributed by atoms with van der Waals surface area (Å²) in [7, 11) is -4.19. The molecule has 0 fully saturated rings. The molecule has 0 unspecified atom stereocenters. The Bertz CT molecular complexity index is 1640. The molecule has 0 aliphatic rings. The van der Waals surface area contributed by atoms with E-state index in [0.29, 0.717) is 28.6 Å². The molecular weight excluding hydrogens is 605 g/mol. The Kier molecular flexibility index (Phi) is 11.2. The molecule has 0 saturated carbocycles. The molecule has 4 aromatic rings. The Labute approximate surface area is 263 Å². The fourth-order valence-electron chi connectivity index (χ4n) is 4.63. The molecule has 0 bridgehead atoms. The van der Waals surface area contributed by atoms with Crippen LogP contribution in [0.5, 0.6) is 0 Å². The highest BCUT2D eigenvalue weighted by Gasteiger charge is 2.34. The van der Waals surface area contributed by atoms with Gasteiger partial charge in [-0.3, -0.25) is 13.9 Å². The maximum atomic E-state index is 14.4. The zero-order valence-corrected chi connectivity index (χ0v) is 26.0. The van der Waals surface area contributed by atoms with Gasteiger partial charge in [0.2, 0.25) is 11.8 Å². The number of carbonyl (C=O) groups is 2. The van der Waals surface area contributed by atoms with Crippen molar-refractivity contribution in [3.8, 4) is 0 Å². The number of hydrogen-bond acceptors (Lipinski definition) is 4. The molecule has 1 N–H and O–H groups in total. The first-order chi connectivity index (χ1) is 20.7. The number of nitrogens with one attached hydrogen (secondary N) is 1. The molecule has 43 heavy (non-hydrogen) atoms.